The van der Waals surface area contributed by atoms with E-state index in [1.165, 1.54) is 11.3 Å². The second-order valence-electron chi connectivity index (χ2n) is 5.70. The fraction of sp³-hybridized carbons (Fsp3) is 0.375. The van der Waals surface area contributed by atoms with Gasteiger partial charge in [-0.05, 0) is 37.1 Å². The molecule has 3 rings (SSSR count). The van der Waals surface area contributed by atoms with Gasteiger partial charge in [0.25, 0.3) is 10.0 Å². The van der Waals surface area contributed by atoms with Gasteiger partial charge < -0.3 is 5.73 Å². The first-order valence-corrected chi connectivity index (χ1v) is 9.59. The Morgan fingerprint density at radius 3 is 2.43 bits per heavy atom. The fourth-order valence-electron chi connectivity index (χ4n) is 3.02. The quantitative estimate of drug-likeness (QED) is 0.897. The minimum atomic E-state index is -3.41. The summed E-state index contributed by atoms with van der Waals surface area (Å²) in [5.41, 5.74) is 7.06. The van der Waals surface area contributed by atoms with Crippen molar-refractivity contribution in [3.8, 4) is 0 Å². The Kier molecular flexibility index (Phi) is 5.86. The molecule has 1 aliphatic heterocycles. The highest BCUT2D eigenvalue weighted by Crippen LogP contribution is 2.36. The van der Waals surface area contributed by atoms with Crippen LogP contribution < -0.4 is 5.73 Å². The predicted molar refractivity (Wildman–Crippen MR) is 96.8 cm³/mol. The molecular formula is C16H21ClN2O2S2. The molecule has 0 radical (unpaired) electrons. The van der Waals surface area contributed by atoms with Gasteiger partial charge in [-0.2, -0.15) is 4.31 Å². The van der Waals surface area contributed by atoms with Crippen molar-refractivity contribution in [3.05, 3.63) is 52.9 Å². The average molecular weight is 373 g/mol. The summed E-state index contributed by atoms with van der Waals surface area (Å²) in [5, 5.41) is 0. The Morgan fingerprint density at radius 2 is 1.87 bits per heavy atom. The number of sulfonamides is 1. The lowest BCUT2D eigenvalue weighted by Crippen LogP contribution is -2.29. The van der Waals surface area contributed by atoms with Crippen molar-refractivity contribution in [2.24, 2.45) is 11.7 Å². The molecule has 23 heavy (non-hydrogen) atoms. The highest BCUT2D eigenvalue weighted by Gasteiger charge is 2.39. The first kappa shape index (κ1) is 18.4. The van der Waals surface area contributed by atoms with Gasteiger partial charge in [-0.25, -0.2) is 8.42 Å². The van der Waals surface area contributed by atoms with Crippen molar-refractivity contribution in [1.29, 1.82) is 0 Å². The maximum Gasteiger partial charge on any atom is 0.252 e. The zero-order valence-corrected chi connectivity index (χ0v) is 15.3. The van der Waals surface area contributed by atoms with Crippen molar-refractivity contribution in [3.63, 3.8) is 0 Å². The lowest BCUT2D eigenvalue weighted by molar-refractivity contribution is 0.460. The van der Waals surface area contributed by atoms with Gasteiger partial charge in [0, 0.05) is 23.9 Å². The lowest BCUT2D eigenvalue weighted by Gasteiger charge is -2.16. The molecule has 1 aromatic carbocycles. The summed E-state index contributed by atoms with van der Waals surface area (Å²) in [6.07, 6.45) is 0. The zero-order chi connectivity index (χ0) is 15.7. The van der Waals surface area contributed by atoms with E-state index in [9.17, 15) is 8.42 Å². The summed E-state index contributed by atoms with van der Waals surface area (Å²) in [6, 6.07) is 13.6. The van der Waals surface area contributed by atoms with Gasteiger partial charge in [0.2, 0.25) is 0 Å². The monoisotopic (exact) mass is 372 g/mol. The summed E-state index contributed by atoms with van der Waals surface area (Å²) < 4.78 is 27.6. The first-order chi connectivity index (χ1) is 10.5. The molecule has 1 aliphatic rings. The van der Waals surface area contributed by atoms with Crippen LogP contribution in [0.15, 0.2) is 46.7 Å². The van der Waals surface area contributed by atoms with Crippen LogP contribution in [0, 0.1) is 12.8 Å². The number of nitrogens with zero attached hydrogens (tertiary/aromatic N) is 1. The normalized spacial score (nSPS) is 22.0. The zero-order valence-electron chi connectivity index (χ0n) is 12.9. The summed E-state index contributed by atoms with van der Waals surface area (Å²) in [7, 11) is -3.41. The predicted octanol–water partition coefficient (Wildman–Crippen LogP) is 2.84. The number of rotatable bonds is 4. The van der Waals surface area contributed by atoms with Gasteiger partial charge in [0.1, 0.15) is 4.21 Å². The molecule has 2 atom stereocenters. The number of halogens is 1. The Hall–Kier alpha value is -0.920. The Balaban J connectivity index is 0.00000192. The van der Waals surface area contributed by atoms with Crippen molar-refractivity contribution in [2.45, 2.75) is 17.1 Å². The molecule has 2 aromatic rings. The minimum Gasteiger partial charge on any atom is -0.330 e. The molecule has 0 saturated carbocycles. The molecule has 1 fully saturated rings. The van der Waals surface area contributed by atoms with Gasteiger partial charge in [0.15, 0.2) is 0 Å². The van der Waals surface area contributed by atoms with E-state index in [1.807, 2.05) is 31.2 Å². The van der Waals surface area contributed by atoms with Gasteiger partial charge in [-0.3, -0.25) is 0 Å². The first-order valence-electron chi connectivity index (χ1n) is 7.34. The smallest absolute Gasteiger partial charge is 0.252 e. The summed E-state index contributed by atoms with van der Waals surface area (Å²) in [6.45, 7) is 3.42. The van der Waals surface area contributed by atoms with Crippen LogP contribution >= 0.6 is 23.7 Å². The summed E-state index contributed by atoms with van der Waals surface area (Å²) in [4.78, 5) is 1.01. The third kappa shape index (κ3) is 3.61. The molecule has 126 valence electrons. The molecule has 0 amide bonds. The van der Waals surface area contributed by atoms with Crippen molar-refractivity contribution in [2.75, 3.05) is 19.6 Å². The largest absolute Gasteiger partial charge is 0.330 e. The van der Waals surface area contributed by atoms with Crippen LogP contribution in [0.4, 0.5) is 0 Å². The van der Waals surface area contributed by atoms with Crippen LogP contribution in [0.2, 0.25) is 0 Å². The van der Waals surface area contributed by atoms with E-state index in [2.05, 4.69) is 12.1 Å². The highest BCUT2D eigenvalue weighted by molar-refractivity contribution is 7.91. The minimum absolute atomic E-state index is 0. The summed E-state index contributed by atoms with van der Waals surface area (Å²) in [5.74, 6) is 0.334. The van der Waals surface area contributed by atoms with E-state index in [-0.39, 0.29) is 24.2 Å². The third-order valence-electron chi connectivity index (χ3n) is 4.25. The van der Waals surface area contributed by atoms with E-state index in [0.717, 1.165) is 10.4 Å². The molecule has 1 saturated heterocycles. The van der Waals surface area contributed by atoms with E-state index >= 15 is 0 Å². The topological polar surface area (TPSA) is 63.4 Å². The molecule has 0 spiro atoms. The van der Waals surface area contributed by atoms with E-state index in [4.69, 9.17) is 5.73 Å². The molecule has 0 bridgehead atoms. The van der Waals surface area contributed by atoms with Crippen molar-refractivity contribution < 1.29 is 8.42 Å². The van der Waals surface area contributed by atoms with Crippen LogP contribution in [-0.2, 0) is 10.0 Å². The SMILES string of the molecule is Cc1ccc(S(=O)(=O)N2C[C@@H](CN)[C@H](c3ccccc3)C2)s1.Cl. The van der Waals surface area contributed by atoms with Crippen molar-refractivity contribution >= 4 is 33.8 Å². The van der Waals surface area contributed by atoms with E-state index in [1.54, 1.807) is 10.4 Å². The van der Waals surface area contributed by atoms with Crippen LogP contribution in [0.5, 0.6) is 0 Å². The van der Waals surface area contributed by atoms with Gasteiger partial charge in [-0.1, -0.05) is 30.3 Å². The van der Waals surface area contributed by atoms with E-state index < -0.39 is 10.0 Å². The van der Waals surface area contributed by atoms with Crippen LogP contribution in [0.1, 0.15) is 16.4 Å². The van der Waals surface area contributed by atoms with Gasteiger partial charge >= 0.3 is 0 Å². The van der Waals surface area contributed by atoms with Crippen LogP contribution in [0.3, 0.4) is 0 Å². The Bertz CT molecular complexity index is 746. The maximum absolute atomic E-state index is 12.8. The average Bonchev–Trinajstić information content (AvgIpc) is 3.14. The molecule has 7 heteroatoms. The lowest BCUT2D eigenvalue weighted by atomic mass is 9.89. The maximum atomic E-state index is 12.8. The second-order valence-corrected chi connectivity index (χ2v) is 9.15. The Labute approximate surface area is 147 Å². The standard InChI is InChI=1S/C16H20N2O2S2.ClH/c1-12-7-8-16(21-12)22(19,20)18-10-14(9-17)15(11-18)13-5-3-2-4-6-13;/h2-8,14-15H,9-11,17H2,1H3;1H/t14-,15+;/m1./s1. The summed E-state index contributed by atoms with van der Waals surface area (Å²) >= 11 is 1.33. The molecule has 2 N–H and O–H groups in total. The molecular weight excluding hydrogens is 352 g/mol. The van der Waals surface area contributed by atoms with Crippen molar-refractivity contribution in [1.82, 2.24) is 4.31 Å². The number of aryl methyl sites for hydroxylation is 1. The molecule has 1 aromatic heterocycles. The molecule has 0 unspecified atom stereocenters. The van der Waals surface area contributed by atoms with E-state index in [0.29, 0.717) is 23.8 Å². The third-order valence-corrected chi connectivity index (χ3v) is 7.55. The number of thiophene rings is 1. The number of hydrogen-bond donors (Lipinski definition) is 1. The number of benzene rings is 1. The van der Waals surface area contributed by atoms with Gasteiger partial charge in [0.05, 0.1) is 0 Å². The molecule has 2 heterocycles. The molecule has 4 nitrogen and oxygen atoms in total. The molecule has 0 aliphatic carbocycles. The number of nitrogens with two attached hydrogens (primary N) is 1. The Morgan fingerprint density at radius 1 is 1.17 bits per heavy atom. The van der Waals surface area contributed by atoms with Gasteiger partial charge in [-0.15, -0.1) is 23.7 Å². The van der Waals surface area contributed by atoms with Crippen LogP contribution in [0.25, 0.3) is 0 Å². The number of hydrogen-bond acceptors (Lipinski definition) is 4. The fourth-order valence-corrected chi connectivity index (χ4v) is 5.98. The second kappa shape index (κ2) is 7.32. The van der Waals surface area contributed by atoms with Crippen LogP contribution in [-0.4, -0.2) is 32.4 Å². The highest BCUT2D eigenvalue weighted by atomic mass is 35.5.